The van der Waals surface area contributed by atoms with Gasteiger partial charge in [-0.2, -0.15) is 0 Å². The molecular formula is C12H17N3. The molecule has 3 N–H and O–H groups in total. The summed E-state index contributed by atoms with van der Waals surface area (Å²) in [7, 11) is 0. The van der Waals surface area contributed by atoms with Crippen molar-refractivity contribution in [1.82, 2.24) is 4.98 Å². The van der Waals surface area contributed by atoms with Crippen molar-refractivity contribution in [2.75, 3.05) is 5.32 Å². The third-order valence-corrected chi connectivity index (χ3v) is 3.77. The Morgan fingerprint density at radius 3 is 2.67 bits per heavy atom. The summed E-state index contributed by atoms with van der Waals surface area (Å²) in [5.41, 5.74) is 6.43. The van der Waals surface area contributed by atoms with Crippen LogP contribution in [0, 0.1) is 5.41 Å². The monoisotopic (exact) mass is 203 g/mol. The number of anilines is 1. The SMILES string of the molecule is NC1CC2(C1)CC(Nc1ccccn1)C2. The van der Waals surface area contributed by atoms with Gasteiger partial charge in [0.1, 0.15) is 5.82 Å². The van der Waals surface area contributed by atoms with E-state index in [4.69, 9.17) is 5.73 Å². The molecule has 3 rings (SSSR count). The summed E-state index contributed by atoms with van der Waals surface area (Å²) in [6.07, 6.45) is 6.84. The van der Waals surface area contributed by atoms with Gasteiger partial charge in [-0.05, 0) is 43.2 Å². The number of pyridine rings is 1. The smallest absolute Gasteiger partial charge is 0.126 e. The Kier molecular flexibility index (Phi) is 1.96. The fraction of sp³-hybridized carbons (Fsp3) is 0.583. The molecule has 0 unspecified atom stereocenters. The number of hydrogen-bond acceptors (Lipinski definition) is 3. The molecule has 3 heteroatoms. The summed E-state index contributed by atoms with van der Waals surface area (Å²) in [6.45, 7) is 0. The molecule has 0 aromatic carbocycles. The van der Waals surface area contributed by atoms with Crippen molar-refractivity contribution >= 4 is 5.82 Å². The number of nitrogens with one attached hydrogen (secondary N) is 1. The van der Waals surface area contributed by atoms with Crippen molar-refractivity contribution in [1.29, 1.82) is 0 Å². The molecule has 0 radical (unpaired) electrons. The molecule has 1 heterocycles. The second-order valence-electron chi connectivity index (χ2n) is 5.13. The van der Waals surface area contributed by atoms with Gasteiger partial charge in [-0.15, -0.1) is 0 Å². The summed E-state index contributed by atoms with van der Waals surface area (Å²) >= 11 is 0. The van der Waals surface area contributed by atoms with Crippen molar-refractivity contribution in [2.24, 2.45) is 11.1 Å². The Balaban J connectivity index is 1.52. The highest BCUT2D eigenvalue weighted by Crippen LogP contribution is 2.55. The van der Waals surface area contributed by atoms with Crippen LogP contribution in [0.3, 0.4) is 0 Å². The molecular weight excluding hydrogens is 186 g/mol. The van der Waals surface area contributed by atoms with Gasteiger partial charge in [0.15, 0.2) is 0 Å². The Hall–Kier alpha value is -1.09. The van der Waals surface area contributed by atoms with Gasteiger partial charge in [0.25, 0.3) is 0 Å². The fourth-order valence-corrected chi connectivity index (χ4v) is 3.13. The van der Waals surface area contributed by atoms with Crippen molar-refractivity contribution < 1.29 is 0 Å². The molecule has 1 aromatic heterocycles. The highest BCUT2D eigenvalue weighted by atomic mass is 15.0. The Morgan fingerprint density at radius 1 is 1.27 bits per heavy atom. The lowest BCUT2D eigenvalue weighted by Crippen LogP contribution is -2.57. The number of nitrogens with two attached hydrogens (primary N) is 1. The third-order valence-electron chi connectivity index (χ3n) is 3.77. The summed E-state index contributed by atoms with van der Waals surface area (Å²) in [6, 6.07) is 7.08. The van der Waals surface area contributed by atoms with Gasteiger partial charge in [-0.3, -0.25) is 0 Å². The van der Waals surface area contributed by atoms with Gasteiger partial charge in [0, 0.05) is 18.3 Å². The third kappa shape index (κ3) is 1.61. The van der Waals surface area contributed by atoms with Gasteiger partial charge in [-0.1, -0.05) is 6.07 Å². The number of nitrogens with zero attached hydrogens (tertiary/aromatic N) is 1. The fourth-order valence-electron chi connectivity index (χ4n) is 3.13. The van der Waals surface area contributed by atoms with E-state index in [9.17, 15) is 0 Å². The lowest BCUT2D eigenvalue weighted by atomic mass is 9.52. The predicted molar refractivity (Wildman–Crippen MR) is 60.5 cm³/mol. The summed E-state index contributed by atoms with van der Waals surface area (Å²) in [5.74, 6) is 1.00. The quantitative estimate of drug-likeness (QED) is 0.770. The first kappa shape index (κ1) is 9.16. The molecule has 0 saturated heterocycles. The molecule has 0 atom stereocenters. The standard InChI is InChI=1S/C12H17N3/c13-9-5-12(6-9)7-10(8-12)15-11-3-1-2-4-14-11/h1-4,9-10H,5-8,13H2,(H,14,15). The van der Waals surface area contributed by atoms with Crippen molar-refractivity contribution in [3.63, 3.8) is 0 Å². The predicted octanol–water partition coefficient (Wildman–Crippen LogP) is 1.76. The number of aromatic nitrogens is 1. The highest BCUT2D eigenvalue weighted by molar-refractivity contribution is 5.36. The van der Waals surface area contributed by atoms with E-state index in [1.165, 1.54) is 25.7 Å². The van der Waals surface area contributed by atoms with Crippen LogP contribution in [0.1, 0.15) is 25.7 Å². The summed E-state index contributed by atoms with van der Waals surface area (Å²) in [4.78, 5) is 4.27. The number of rotatable bonds is 2. The first-order valence-electron chi connectivity index (χ1n) is 5.69. The van der Waals surface area contributed by atoms with E-state index in [2.05, 4.69) is 10.3 Å². The first-order valence-corrected chi connectivity index (χ1v) is 5.69. The van der Waals surface area contributed by atoms with E-state index in [0.29, 0.717) is 17.5 Å². The van der Waals surface area contributed by atoms with Gasteiger partial charge >= 0.3 is 0 Å². The Bertz CT molecular complexity index is 335. The average molecular weight is 203 g/mol. The zero-order valence-electron chi connectivity index (χ0n) is 8.82. The Labute approximate surface area is 90.1 Å². The van der Waals surface area contributed by atoms with E-state index in [1.54, 1.807) is 0 Å². The van der Waals surface area contributed by atoms with Crippen LogP contribution in [0.2, 0.25) is 0 Å². The minimum absolute atomic E-state index is 0.473. The summed E-state index contributed by atoms with van der Waals surface area (Å²) in [5, 5.41) is 3.46. The molecule has 2 saturated carbocycles. The minimum atomic E-state index is 0.473. The molecule has 15 heavy (non-hydrogen) atoms. The van der Waals surface area contributed by atoms with Crippen LogP contribution < -0.4 is 11.1 Å². The first-order chi connectivity index (χ1) is 7.26. The highest BCUT2D eigenvalue weighted by Gasteiger charge is 2.51. The average Bonchev–Trinajstić information content (AvgIpc) is 2.14. The largest absolute Gasteiger partial charge is 0.367 e. The van der Waals surface area contributed by atoms with Crippen molar-refractivity contribution in [3.05, 3.63) is 24.4 Å². The maximum Gasteiger partial charge on any atom is 0.126 e. The molecule has 2 aliphatic rings. The lowest BCUT2D eigenvalue weighted by Gasteiger charge is -2.57. The van der Waals surface area contributed by atoms with Crippen LogP contribution in [-0.4, -0.2) is 17.1 Å². The normalized spacial score (nSPS) is 38.2. The second-order valence-corrected chi connectivity index (χ2v) is 5.13. The van der Waals surface area contributed by atoms with E-state index < -0.39 is 0 Å². The van der Waals surface area contributed by atoms with Gasteiger partial charge in [-0.25, -0.2) is 4.98 Å². The molecule has 1 aromatic rings. The van der Waals surface area contributed by atoms with E-state index in [1.807, 2.05) is 24.4 Å². The van der Waals surface area contributed by atoms with E-state index in [-0.39, 0.29) is 0 Å². The van der Waals surface area contributed by atoms with Crippen LogP contribution >= 0.6 is 0 Å². The Morgan fingerprint density at radius 2 is 2.07 bits per heavy atom. The molecule has 0 amide bonds. The van der Waals surface area contributed by atoms with Gasteiger partial charge < -0.3 is 11.1 Å². The van der Waals surface area contributed by atoms with Crippen molar-refractivity contribution in [3.8, 4) is 0 Å². The van der Waals surface area contributed by atoms with Crippen LogP contribution in [0.15, 0.2) is 24.4 Å². The maximum atomic E-state index is 5.83. The molecule has 1 spiro atoms. The van der Waals surface area contributed by atoms with Crippen molar-refractivity contribution in [2.45, 2.75) is 37.8 Å². The van der Waals surface area contributed by atoms with Crippen LogP contribution in [0.4, 0.5) is 5.82 Å². The topological polar surface area (TPSA) is 50.9 Å². The molecule has 0 aliphatic heterocycles. The molecule has 2 fully saturated rings. The van der Waals surface area contributed by atoms with E-state index >= 15 is 0 Å². The van der Waals surface area contributed by atoms with E-state index in [0.717, 1.165) is 5.82 Å². The molecule has 3 nitrogen and oxygen atoms in total. The van der Waals surface area contributed by atoms with Crippen LogP contribution in [0.25, 0.3) is 0 Å². The molecule has 2 aliphatic carbocycles. The van der Waals surface area contributed by atoms with Crippen LogP contribution in [-0.2, 0) is 0 Å². The second kappa shape index (κ2) is 3.20. The molecule has 80 valence electrons. The number of hydrogen-bond donors (Lipinski definition) is 2. The molecule has 0 bridgehead atoms. The lowest BCUT2D eigenvalue weighted by molar-refractivity contribution is 0.00111. The minimum Gasteiger partial charge on any atom is -0.367 e. The van der Waals surface area contributed by atoms with Crippen LogP contribution in [0.5, 0.6) is 0 Å². The van der Waals surface area contributed by atoms with Gasteiger partial charge in [0.2, 0.25) is 0 Å². The maximum absolute atomic E-state index is 5.83. The zero-order valence-corrected chi connectivity index (χ0v) is 8.82. The zero-order chi connectivity index (χ0) is 10.3. The van der Waals surface area contributed by atoms with Gasteiger partial charge in [0.05, 0.1) is 0 Å². The summed E-state index contributed by atoms with van der Waals surface area (Å²) < 4.78 is 0.